The number of benzene rings is 1. The van der Waals surface area contributed by atoms with Crippen LogP contribution in [0.15, 0.2) is 29.3 Å². The standard InChI is InChI=1S/C12H13ClN2OS/c1-7(2)10-11(16)15-12(17-10)14-9-6-4-3-5-8(9)13/h3-7,10H,1-2H3,(H,14,15,16). The maximum absolute atomic E-state index is 11.6. The van der Waals surface area contributed by atoms with Gasteiger partial charge in [-0.1, -0.05) is 49.3 Å². The second kappa shape index (κ2) is 5.10. The highest BCUT2D eigenvalue weighted by Crippen LogP contribution is 2.30. The molecule has 1 aromatic rings. The number of nitrogens with one attached hydrogen (secondary N) is 1. The van der Waals surface area contributed by atoms with Crippen LogP contribution in [0.5, 0.6) is 0 Å². The van der Waals surface area contributed by atoms with Gasteiger partial charge in [-0.2, -0.15) is 4.99 Å². The summed E-state index contributed by atoms with van der Waals surface area (Å²) in [5.41, 5.74) is 0.776. The van der Waals surface area contributed by atoms with Crippen LogP contribution in [0.4, 0.5) is 5.69 Å². The Balaban J connectivity index is 2.10. The molecule has 0 bridgehead atoms. The minimum Gasteiger partial charge on any atom is -0.333 e. The van der Waals surface area contributed by atoms with Gasteiger partial charge < -0.3 is 5.32 Å². The summed E-state index contributed by atoms with van der Waals surface area (Å²) in [6.07, 6.45) is 0. The molecule has 0 aromatic heterocycles. The second-order valence-corrected chi connectivity index (χ2v) is 5.68. The predicted octanol–water partition coefficient (Wildman–Crippen LogP) is 3.41. The largest absolute Gasteiger partial charge is 0.333 e. The van der Waals surface area contributed by atoms with Crippen LogP contribution < -0.4 is 5.32 Å². The first-order valence-corrected chi connectivity index (χ1v) is 6.64. The van der Waals surface area contributed by atoms with Gasteiger partial charge in [-0.15, -0.1) is 0 Å². The normalized spacial score (nSPS) is 19.6. The molecule has 0 aliphatic carbocycles. The molecule has 0 radical (unpaired) electrons. The SMILES string of the molecule is CC(C)C1SC(Nc2ccccc2Cl)=NC1=O. The zero-order chi connectivity index (χ0) is 12.4. The minimum atomic E-state index is -0.0833. The highest BCUT2D eigenvalue weighted by atomic mass is 35.5. The van der Waals surface area contributed by atoms with Crippen LogP contribution in [0.1, 0.15) is 13.8 Å². The fourth-order valence-electron chi connectivity index (χ4n) is 1.52. The molecule has 90 valence electrons. The van der Waals surface area contributed by atoms with Crippen LogP contribution in [-0.2, 0) is 4.79 Å². The lowest BCUT2D eigenvalue weighted by atomic mass is 10.1. The topological polar surface area (TPSA) is 41.5 Å². The maximum Gasteiger partial charge on any atom is 0.261 e. The number of carbonyl (C=O) groups is 1. The van der Waals surface area contributed by atoms with Crippen molar-refractivity contribution in [2.75, 3.05) is 5.32 Å². The number of carbonyl (C=O) groups excluding carboxylic acids is 1. The Morgan fingerprint density at radius 2 is 2.12 bits per heavy atom. The molecule has 1 unspecified atom stereocenters. The summed E-state index contributed by atoms with van der Waals surface area (Å²) in [6.45, 7) is 4.03. The van der Waals surface area contributed by atoms with E-state index in [4.69, 9.17) is 11.6 Å². The van der Waals surface area contributed by atoms with Crippen molar-refractivity contribution in [1.82, 2.24) is 0 Å². The van der Waals surface area contributed by atoms with Crippen molar-refractivity contribution in [3.63, 3.8) is 0 Å². The maximum atomic E-state index is 11.6. The molecule has 1 aliphatic heterocycles. The number of amidine groups is 1. The van der Waals surface area contributed by atoms with Gasteiger partial charge in [-0.25, -0.2) is 0 Å². The molecule has 0 saturated heterocycles. The number of anilines is 1. The lowest BCUT2D eigenvalue weighted by Gasteiger charge is -2.11. The summed E-state index contributed by atoms with van der Waals surface area (Å²) in [6, 6.07) is 7.40. The van der Waals surface area contributed by atoms with Gasteiger partial charge in [-0.05, 0) is 18.1 Å². The molecule has 17 heavy (non-hydrogen) atoms. The Bertz CT molecular complexity index is 473. The molecule has 1 N–H and O–H groups in total. The second-order valence-electron chi connectivity index (χ2n) is 4.14. The van der Waals surface area contributed by atoms with E-state index in [-0.39, 0.29) is 17.1 Å². The average Bonchev–Trinajstić information content (AvgIpc) is 2.63. The van der Waals surface area contributed by atoms with Gasteiger partial charge >= 0.3 is 0 Å². The van der Waals surface area contributed by atoms with Crippen LogP contribution in [0.25, 0.3) is 0 Å². The van der Waals surface area contributed by atoms with Crippen molar-refractivity contribution in [3.05, 3.63) is 29.3 Å². The molecule has 1 amide bonds. The van der Waals surface area contributed by atoms with E-state index in [2.05, 4.69) is 10.3 Å². The number of rotatable bonds is 2. The van der Waals surface area contributed by atoms with Gasteiger partial charge in [0.2, 0.25) is 0 Å². The zero-order valence-corrected chi connectivity index (χ0v) is 11.2. The summed E-state index contributed by atoms with van der Waals surface area (Å²) in [7, 11) is 0. The number of thioether (sulfide) groups is 1. The number of aliphatic imine (C=N–C) groups is 1. The number of halogens is 1. The van der Waals surface area contributed by atoms with E-state index in [1.807, 2.05) is 32.0 Å². The van der Waals surface area contributed by atoms with E-state index in [0.717, 1.165) is 5.69 Å². The van der Waals surface area contributed by atoms with Crippen molar-refractivity contribution in [1.29, 1.82) is 0 Å². The average molecular weight is 269 g/mol. The van der Waals surface area contributed by atoms with Gasteiger partial charge in [0, 0.05) is 0 Å². The Morgan fingerprint density at radius 1 is 1.41 bits per heavy atom. The van der Waals surface area contributed by atoms with Crippen LogP contribution in [0.2, 0.25) is 5.02 Å². The summed E-state index contributed by atoms with van der Waals surface area (Å²) in [5.74, 6) is 0.210. The number of amides is 1. The third-order valence-corrected chi connectivity index (χ3v) is 4.16. The molecular formula is C12H13ClN2OS. The minimum absolute atomic E-state index is 0.0699. The van der Waals surface area contributed by atoms with Crippen LogP contribution in [-0.4, -0.2) is 16.3 Å². The highest BCUT2D eigenvalue weighted by molar-refractivity contribution is 8.15. The van der Waals surface area contributed by atoms with Gasteiger partial charge in [-0.3, -0.25) is 4.79 Å². The molecule has 0 spiro atoms. The number of hydrogen-bond donors (Lipinski definition) is 1. The fourth-order valence-corrected chi connectivity index (χ4v) is 2.68. The predicted molar refractivity (Wildman–Crippen MR) is 73.7 cm³/mol. The summed E-state index contributed by atoms with van der Waals surface area (Å²) in [4.78, 5) is 15.6. The van der Waals surface area contributed by atoms with Crippen molar-refractivity contribution in [3.8, 4) is 0 Å². The fraction of sp³-hybridized carbons (Fsp3) is 0.333. The van der Waals surface area contributed by atoms with E-state index in [9.17, 15) is 4.79 Å². The van der Waals surface area contributed by atoms with Gasteiger partial charge in [0.05, 0.1) is 16.0 Å². The third-order valence-electron chi connectivity index (χ3n) is 2.41. The van der Waals surface area contributed by atoms with E-state index in [1.165, 1.54) is 11.8 Å². The quantitative estimate of drug-likeness (QED) is 0.894. The summed E-state index contributed by atoms with van der Waals surface area (Å²) < 4.78 is 0. The van der Waals surface area contributed by atoms with Crippen LogP contribution >= 0.6 is 23.4 Å². The molecule has 1 atom stereocenters. The first kappa shape index (κ1) is 12.5. The molecule has 5 heteroatoms. The van der Waals surface area contributed by atoms with Gasteiger partial charge in [0.15, 0.2) is 5.17 Å². The molecule has 1 aromatic carbocycles. The Kier molecular flexibility index (Phi) is 3.74. The molecule has 0 saturated carbocycles. The third kappa shape index (κ3) is 2.82. The monoisotopic (exact) mass is 268 g/mol. The molecule has 2 rings (SSSR count). The zero-order valence-electron chi connectivity index (χ0n) is 9.61. The number of para-hydroxylation sites is 1. The number of hydrogen-bond acceptors (Lipinski definition) is 3. The smallest absolute Gasteiger partial charge is 0.261 e. The van der Waals surface area contributed by atoms with E-state index >= 15 is 0 Å². The van der Waals surface area contributed by atoms with Crippen molar-refractivity contribution < 1.29 is 4.79 Å². The Labute approximate surface area is 110 Å². The first-order valence-electron chi connectivity index (χ1n) is 5.38. The van der Waals surface area contributed by atoms with Crippen molar-refractivity contribution in [2.45, 2.75) is 19.1 Å². The van der Waals surface area contributed by atoms with Crippen molar-refractivity contribution in [2.24, 2.45) is 10.9 Å². The van der Waals surface area contributed by atoms with Crippen LogP contribution in [0.3, 0.4) is 0 Å². The lowest BCUT2D eigenvalue weighted by Crippen LogP contribution is -2.17. The van der Waals surface area contributed by atoms with E-state index in [1.54, 1.807) is 6.07 Å². The molecule has 1 heterocycles. The number of nitrogens with zero attached hydrogens (tertiary/aromatic N) is 1. The lowest BCUT2D eigenvalue weighted by molar-refractivity contribution is -0.117. The van der Waals surface area contributed by atoms with E-state index in [0.29, 0.717) is 10.2 Å². The Morgan fingerprint density at radius 3 is 2.71 bits per heavy atom. The van der Waals surface area contributed by atoms with Crippen LogP contribution in [0, 0.1) is 5.92 Å². The molecule has 1 aliphatic rings. The van der Waals surface area contributed by atoms with Gasteiger partial charge in [0.25, 0.3) is 5.91 Å². The summed E-state index contributed by atoms with van der Waals surface area (Å²) >= 11 is 7.49. The van der Waals surface area contributed by atoms with Gasteiger partial charge in [0.1, 0.15) is 0 Å². The van der Waals surface area contributed by atoms with E-state index < -0.39 is 0 Å². The highest BCUT2D eigenvalue weighted by Gasteiger charge is 2.31. The first-order chi connectivity index (χ1) is 8.08. The van der Waals surface area contributed by atoms with Crippen molar-refractivity contribution >= 4 is 40.1 Å². The Hall–Kier alpha value is -1.00. The summed E-state index contributed by atoms with van der Waals surface area (Å²) in [5, 5.41) is 4.25. The molecular weight excluding hydrogens is 256 g/mol. The molecule has 3 nitrogen and oxygen atoms in total. The molecule has 0 fully saturated rings.